The van der Waals surface area contributed by atoms with Crippen molar-refractivity contribution in [1.29, 1.82) is 0 Å². The van der Waals surface area contributed by atoms with E-state index < -0.39 is 6.17 Å². The van der Waals surface area contributed by atoms with Gasteiger partial charge in [0.05, 0.1) is 6.17 Å². The molecular weight excluding hydrogens is 270 g/mol. The third kappa shape index (κ3) is 4.20. The van der Waals surface area contributed by atoms with Crippen LogP contribution in [0.5, 0.6) is 0 Å². The number of nitrogens with two attached hydrogens (primary N) is 3. The first-order valence-corrected chi connectivity index (χ1v) is 7.59. The minimum atomic E-state index is -0.406. The highest BCUT2D eigenvalue weighted by atomic mass is 14.8. The zero-order valence-electron chi connectivity index (χ0n) is 13.2. The molecule has 0 spiro atoms. The average Bonchev–Trinajstić information content (AvgIpc) is 2.45. The number of nitrogen functional groups attached to an aromatic ring is 1. The van der Waals surface area contributed by atoms with Crippen LogP contribution in [0.2, 0.25) is 0 Å². The summed E-state index contributed by atoms with van der Waals surface area (Å²) in [6.45, 7) is 6.21. The van der Waals surface area contributed by atoms with E-state index in [1.165, 1.54) is 16.7 Å². The molecule has 116 valence electrons. The number of aryl methyl sites for hydroxylation is 3. The van der Waals surface area contributed by atoms with Crippen molar-refractivity contribution < 1.29 is 0 Å². The van der Waals surface area contributed by atoms with Gasteiger partial charge in [-0.3, -0.25) is 0 Å². The highest BCUT2D eigenvalue weighted by Crippen LogP contribution is 2.28. The average molecular weight is 295 g/mol. The molecule has 3 heteroatoms. The predicted octanol–water partition coefficient (Wildman–Crippen LogP) is 3.01. The first-order valence-electron chi connectivity index (χ1n) is 7.59. The Morgan fingerprint density at radius 3 is 2.36 bits per heavy atom. The molecule has 2 aromatic rings. The Balaban J connectivity index is 2.18. The number of hydrogen-bond acceptors (Lipinski definition) is 3. The molecule has 0 unspecified atom stereocenters. The van der Waals surface area contributed by atoms with Crippen LogP contribution in [0.15, 0.2) is 49.0 Å². The van der Waals surface area contributed by atoms with Crippen LogP contribution < -0.4 is 17.2 Å². The molecule has 0 bridgehead atoms. The summed E-state index contributed by atoms with van der Waals surface area (Å²) in [6, 6.07) is 14.6. The van der Waals surface area contributed by atoms with Crippen LogP contribution in [0.4, 0.5) is 5.69 Å². The van der Waals surface area contributed by atoms with E-state index in [9.17, 15) is 0 Å². The molecule has 0 atom stereocenters. The van der Waals surface area contributed by atoms with E-state index in [2.05, 4.69) is 43.8 Å². The monoisotopic (exact) mass is 295 g/mol. The Hall–Kier alpha value is -2.10. The van der Waals surface area contributed by atoms with Gasteiger partial charge < -0.3 is 17.2 Å². The maximum absolute atomic E-state index is 6.14. The number of anilines is 1. The second-order valence-electron chi connectivity index (χ2n) is 5.84. The first kappa shape index (κ1) is 16.3. The van der Waals surface area contributed by atoms with Gasteiger partial charge in [-0.1, -0.05) is 48.5 Å². The molecule has 0 aliphatic carbocycles. The molecule has 6 N–H and O–H groups in total. The lowest BCUT2D eigenvalue weighted by atomic mass is 9.92. The number of benzene rings is 2. The van der Waals surface area contributed by atoms with Gasteiger partial charge in [-0.25, -0.2) is 0 Å². The summed E-state index contributed by atoms with van der Waals surface area (Å²) in [6.07, 6.45) is 2.03. The van der Waals surface area contributed by atoms with E-state index >= 15 is 0 Å². The zero-order chi connectivity index (χ0) is 16.1. The Bertz CT molecular complexity index is 642. The van der Waals surface area contributed by atoms with E-state index in [-0.39, 0.29) is 0 Å². The van der Waals surface area contributed by atoms with E-state index in [1.54, 1.807) is 0 Å². The molecule has 0 fully saturated rings. The quantitative estimate of drug-likeness (QED) is 0.566. The van der Waals surface area contributed by atoms with E-state index in [1.807, 2.05) is 12.1 Å². The van der Waals surface area contributed by atoms with Crippen molar-refractivity contribution in [3.05, 3.63) is 71.3 Å². The molecule has 0 aromatic heterocycles. The lowest BCUT2D eigenvalue weighted by Crippen LogP contribution is -2.30. The molecule has 0 aliphatic rings. The van der Waals surface area contributed by atoms with Crippen LogP contribution >= 0.6 is 0 Å². The lowest BCUT2D eigenvalue weighted by Gasteiger charge is -2.16. The molecular formula is C19H25N3. The molecule has 0 radical (unpaired) electrons. The summed E-state index contributed by atoms with van der Waals surface area (Å²) in [7, 11) is 0. The van der Waals surface area contributed by atoms with Crippen LogP contribution in [-0.2, 0) is 12.8 Å². The van der Waals surface area contributed by atoms with Crippen LogP contribution in [0.3, 0.4) is 0 Å². The lowest BCUT2D eigenvalue weighted by molar-refractivity contribution is 0.729. The minimum absolute atomic E-state index is 0.406. The standard InChI is InChI=1S/C19H25N3/c1-13-6-8-15(9-7-13)10-11-16-4-3-5-17(20)19(16)14(2)12-18(21)22/h3-9,18H,2,10-12,20-22H2,1H3. The molecule has 0 heterocycles. The summed E-state index contributed by atoms with van der Waals surface area (Å²) >= 11 is 0. The van der Waals surface area contributed by atoms with Crippen molar-refractivity contribution in [3.63, 3.8) is 0 Å². The van der Waals surface area contributed by atoms with Crippen molar-refractivity contribution in [2.75, 3.05) is 5.73 Å². The normalized spacial score (nSPS) is 10.9. The van der Waals surface area contributed by atoms with Crippen molar-refractivity contribution in [3.8, 4) is 0 Å². The van der Waals surface area contributed by atoms with Gasteiger partial charge in [0.2, 0.25) is 0 Å². The Kier molecular flexibility index (Phi) is 5.36. The highest BCUT2D eigenvalue weighted by Gasteiger charge is 2.11. The molecule has 2 aromatic carbocycles. The van der Waals surface area contributed by atoms with Crippen LogP contribution in [0, 0.1) is 6.92 Å². The largest absolute Gasteiger partial charge is 0.398 e. The molecule has 0 saturated carbocycles. The molecule has 2 rings (SSSR count). The second-order valence-corrected chi connectivity index (χ2v) is 5.84. The van der Waals surface area contributed by atoms with Crippen molar-refractivity contribution >= 4 is 11.3 Å². The van der Waals surface area contributed by atoms with Gasteiger partial charge in [-0.2, -0.15) is 0 Å². The fourth-order valence-corrected chi connectivity index (χ4v) is 2.68. The summed E-state index contributed by atoms with van der Waals surface area (Å²) in [5.41, 5.74) is 24.0. The van der Waals surface area contributed by atoms with Crippen molar-refractivity contribution in [1.82, 2.24) is 0 Å². The number of hydrogen-bond donors (Lipinski definition) is 3. The van der Waals surface area contributed by atoms with Crippen LogP contribution in [-0.4, -0.2) is 6.17 Å². The summed E-state index contributed by atoms with van der Waals surface area (Å²) < 4.78 is 0. The molecule has 22 heavy (non-hydrogen) atoms. The summed E-state index contributed by atoms with van der Waals surface area (Å²) in [5.74, 6) is 0. The minimum Gasteiger partial charge on any atom is -0.398 e. The van der Waals surface area contributed by atoms with E-state index in [0.717, 1.165) is 29.7 Å². The van der Waals surface area contributed by atoms with Gasteiger partial charge in [-0.15, -0.1) is 0 Å². The Labute approximate surface area is 132 Å². The predicted molar refractivity (Wildman–Crippen MR) is 95.3 cm³/mol. The zero-order valence-corrected chi connectivity index (χ0v) is 13.2. The van der Waals surface area contributed by atoms with Gasteiger partial charge in [0.25, 0.3) is 0 Å². The second kappa shape index (κ2) is 7.25. The van der Waals surface area contributed by atoms with Gasteiger partial charge >= 0.3 is 0 Å². The fourth-order valence-electron chi connectivity index (χ4n) is 2.68. The Morgan fingerprint density at radius 1 is 1.05 bits per heavy atom. The van der Waals surface area contributed by atoms with Gasteiger partial charge in [-0.05, 0) is 42.5 Å². The molecule has 0 saturated heterocycles. The molecule has 3 nitrogen and oxygen atoms in total. The third-order valence-electron chi connectivity index (χ3n) is 3.82. The Morgan fingerprint density at radius 2 is 1.73 bits per heavy atom. The maximum atomic E-state index is 6.14. The summed E-state index contributed by atoms with van der Waals surface area (Å²) in [4.78, 5) is 0. The van der Waals surface area contributed by atoms with Crippen LogP contribution in [0.25, 0.3) is 5.57 Å². The first-order chi connectivity index (χ1) is 10.5. The number of rotatable bonds is 6. The SMILES string of the molecule is C=C(CC(N)N)c1c(N)cccc1CCc1ccc(C)cc1. The van der Waals surface area contributed by atoms with Crippen LogP contribution in [0.1, 0.15) is 28.7 Å². The van der Waals surface area contributed by atoms with Gasteiger partial charge in [0.1, 0.15) is 0 Å². The fraction of sp³-hybridized carbons (Fsp3) is 0.263. The third-order valence-corrected chi connectivity index (χ3v) is 3.82. The van der Waals surface area contributed by atoms with Crippen molar-refractivity contribution in [2.24, 2.45) is 11.5 Å². The van der Waals surface area contributed by atoms with Gasteiger partial charge in [0.15, 0.2) is 0 Å². The topological polar surface area (TPSA) is 78.1 Å². The maximum Gasteiger partial charge on any atom is 0.0562 e. The summed E-state index contributed by atoms with van der Waals surface area (Å²) in [5, 5.41) is 0. The van der Waals surface area contributed by atoms with E-state index in [0.29, 0.717) is 6.42 Å². The molecule has 0 aliphatic heterocycles. The highest BCUT2D eigenvalue weighted by molar-refractivity contribution is 5.76. The van der Waals surface area contributed by atoms with E-state index in [4.69, 9.17) is 17.2 Å². The van der Waals surface area contributed by atoms with Crippen molar-refractivity contribution in [2.45, 2.75) is 32.4 Å². The smallest absolute Gasteiger partial charge is 0.0562 e. The van der Waals surface area contributed by atoms with Gasteiger partial charge in [0, 0.05) is 17.7 Å². The molecule has 0 amide bonds.